The Morgan fingerprint density at radius 2 is 1.96 bits per heavy atom. The first kappa shape index (κ1) is 18.8. The third-order valence-corrected chi connectivity index (χ3v) is 6.01. The van der Waals surface area contributed by atoms with E-state index in [1.54, 1.807) is 18.8 Å². The molecule has 1 aromatic rings. The second-order valence-electron chi connectivity index (χ2n) is 7.16. The van der Waals surface area contributed by atoms with Gasteiger partial charge < -0.3 is 9.80 Å². The van der Waals surface area contributed by atoms with Gasteiger partial charge in [-0.3, -0.25) is 10.1 Å². The van der Waals surface area contributed by atoms with Crippen LogP contribution >= 0.6 is 11.8 Å². The SMILES string of the molecule is CC(C)CSC1=NC2C(C(=O)NC(=O)N2C)N1CCCc1ccccc1. The van der Waals surface area contributed by atoms with Crippen LogP contribution in [0.15, 0.2) is 35.3 Å². The molecule has 3 amide bonds. The highest BCUT2D eigenvalue weighted by atomic mass is 32.2. The summed E-state index contributed by atoms with van der Waals surface area (Å²) in [4.78, 5) is 32.7. The number of carbonyl (C=O) groups excluding carboxylic acids is 2. The van der Waals surface area contributed by atoms with Gasteiger partial charge >= 0.3 is 6.03 Å². The van der Waals surface area contributed by atoms with E-state index < -0.39 is 12.2 Å². The summed E-state index contributed by atoms with van der Waals surface area (Å²) < 4.78 is 0. The van der Waals surface area contributed by atoms with E-state index in [9.17, 15) is 9.59 Å². The molecule has 1 saturated heterocycles. The third kappa shape index (κ3) is 4.03. The minimum absolute atomic E-state index is 0.248. The molecule has 140 valence electrons. The Hall–Kier alpha value is -2.02. The lowest BCUT2D eigenvalue weighted by Gasteiger charge is -2.36. The van der Waals surface area contributed by atoms with Crippen molar-refractivity contribution in [1.29, 1.82) is 0 Å². The van der Waals surface area contributed by atoms with Crippen LogP contribution in [0.1, 0.15) is 25.8 Å². The van der Waals surface area contributed by atoms with E-state index in [2.05, 4.69) is 36.2 Å². The minimum Gasteiger partial charge on any atom is -0.336 e. The Balaban J connectivity index is 1.72. The van der Waals surface area contributed by atoms with Crippen LogP contribution in [0.3, 0.4) is 0 Å². The van der Waals surface area contributed by atoms with Crippen LogP contribution < -0.4 is 5.32 Å². The fourth-order valence-corrected chi connectivity index (χ4v) is 4.23. The van der Waals surface area contributed by atoms with Crippen LogP contribution in [0, 0.1) is 5.92 Å². The molecule has 1 N–H and O–H groups in total. The molecule has 2 aliphatic rings. The van der Waals surface area contributed by atoms with Gasteiger partial charge in [0.15, 0.2) is 17.4 Å². The van der Waals surface area contributed by atoms with Gasteiger partial charge in [0, 0.05) is 19.3 Å². The lowest BCUT2D eigenvalue weighted by atomic mass is 10.1. The predicted molar refractivity (Wildman–Crippen MR) is 105 cm³/mol. The summed E-state index contributed by atoms with van der Waals surface area (Å²) in [6, 6.07) is 9.54. The molecule has 2 heterocycles. The number of nitrogens with one attached hydrogen (secondary N) is 1. The van der Waals surface area contributed by atoms with Gasteiger partial charge in [0.2, 0.25) is 0 Å². The number of hydrogen-bond donors (Lipinski definition) is 1. The normalized spacial score (nSPS) is 22.5. The maximum atomic E-state index is 12.5. The van der Waals surface area contributed by atoms with Crippen LogP contribution in [-0.2, 0) is 11.2 Å². The number of imide groups is 1. The number of likely N-dealkylation sites (N-methyl/N-ethyl adjacent to an activating group) is 1. The number of aliphatic imine (C=N–C) groups is 1. The fraction of sp³-hybridized carbons (Fsp3) is 0.526. The molecule has 2 unspecified atom stereocenters. The zero-order valence-electron chi connectivity index (χ0n) is 15.5. The quantitative estimate of drug-likeness (QED) is 0.831. The first-order valence-electron chi connectivity index (χ1n) is 9.06. The monoisotopic (exact) mass is 374 g/mol. The van der Waals surface area contributed by atoms with E-state index in [4.69, 9.17) is 4.99 Å². The molecule has 0 aliphatic carbocycles. The van der Waals surface area contributed by atoms with Crippen LogP contribution in [0.4, 0.5) is 4.79 Å². The van der Waals surface area contributed by atoms with E-state index in [1.165, 1.54) is 10.5 Å². The van der Waals surface area contributed by atoms with Gasteiger partial charge in [0.05, 0.1) is 0 Å². The van der Waals surface area contributed by atoms with Crippen molar-refractivity contribution in [2.75, 3.05) is 19.3 Å². The number of urea groups is 1. The minimum atomic E-state index is -0.428. The Labute approximate surface area is 159 Å². The van der Waals surface area contributed by atoms with E-state index in [1.807, 2.05) is 18.2 Å². The molecule has 0 bridgehead atoms. The Kier molecular flexibility index (Phi) is 5.86. The zero-order chi connectivity index (χ0) is 18.7. The average molecular weight is 375 g/mol. The molecule has 0 aromatic heterocycles. The number of fused-ring (bicyclic) bond motifs is 1. The summed E-state index contributed by atoms with van der Waals surface area (Å²) in [5, 5.41) is 3.32. The van der Waals surface area contributed by atoms with Crippen LogP contribution in [0.2, 0.25) is 0 Å². The van der Waals surface area contributed by atoms with Crippen molar-refractivity contribution in [3.63, 3.8) is 0 Å². The Morgan fingerprint density at radius 1 is 1.23 bits per heavy atom. The Bertz CT molecular complexity index is 692. The molecule has 26 heavy (non-hydrogen) atoms. The number of hydrogen-bond acceptors (Lipinski definition) is 5. The summed E-state index contributed by atoms with van der Waals surface area (Å²) in [5.74, 6) is 1.22. The van der Waals surface area contributed by atoms with E-state index in [-0.39, 0.29) is 11.9 Å². The summed E-state index contributed by atoms with van der Waals surface area (Å²) in [6.07, 6.45) is 1.45. The lowest BCUT2D eigenvalue weighted by molar-refractivity contribution is -0.127. The molecule has 2 aliphatic heterocycles. The maximum Gasteiger partial charge on any atom is 0.325 e. The zero-order valence-corrected chi connectivity index (χ0v) is 16.3. The van der Waals surface area contributed by atoms with Crippen molar-refractivity contribution in [3.05, 3.63) is 35.9 Å². The van der Waals surface area contributed by atoms with Crippen molar-refractivity contribution in [2.45, 2.75) is 38.9 Å². The van der Waals surface area contributed by atoms with Crippen LogP contribution in [0.5, 0.6) is 0 Å². The van der Waals surface area contributed by atoms with Crippen LogP contribution in [-0.4, -0.2) is 58.5 Å². The van der Waals surface area contributed by atoms with Crippen molar-refractivity contribution in [2.24, 2.45) is 10.9 Å². The third-order valence-electron chi connectivity index (χ3n) is 4.58. The predicted octanol–water partition coefficient (Wildman–Crippen LogP) is 2.56. The smallest absolute Gasteiger partial charge is 0.325 e. The Morgan fingerprint density at radius 3 is 2.65 bits per heavy atom. The van der Waals surface area contributed by atoms with E-state index in [0.29, 0.717) is 5.92 Å². The van der Waals surface area contributed by atoms with Crippen LogP contribution in [0.25, 0.3) is 0 Å². The molecular formula is C19H26N4O2S. The number of nitrogens with zero attached hydrogens (tertiary/aromatic N) is 3. The van der Waals surface area contributed by atoms with Gasteiger partial charge in [-0.15, -0.1) is 0 Å². The molecule has 7 heteroatoms. The number of benzene rings is 1. The molecule has 0 saturated carbocycles. The molecule has 2 atom stereocenters. The second kappa shape index (κ2) is 8.12. The summed E-state index contributed by atoms with van der Waals surface area (Å²) in [6.45, 7) is 5.07. The lowest BCUT2D eigenvalue weighted by Crippen LogP contribution is -2.63. The first-order chi connectivity index (χ1) is 12.5. The van der Waals surface area contributed by atoms with E-state index in [0.717, 1.165) is 30.3 Å². The average Bonchev–Trinajstić information content (AvgIpc) is 2.98. The van der Waals surface area contributed by atoms with Crippen molar-refractivity contribution in [1.82, 2.24) is 15.1 Å². The highest BCUT2D eigenvalue weighted by molar-refractivity contribution is 8.13. The van der Waals surface area contributed by atoms with Crippen molar-refractivity contribution in [3.8, 4) is 0 Å². The van der Waals surface area contributed by atoms with Gasteiger partial charge in [-0.05, 0) is 24.3 Å². The number of amides is 3. The molecule has 1 aromatic carbocycles. The number of carbonyl (C=O) groups is 2. The molecule has 0 radical (unpaired) electrons. The van der Waals surface area contributed by atoms with Gasteiger partial charge in [0.1, 0.15) is 0 Å². The van der Waals surface area contributed by atoms with E-state index >= 15 is 0 Å². The molecule has 0 spiro atoms. The largest absolute Gasteiger partial charge is 0.336 e. The number of rotatable bonds is 6. The number of aryl methyl sites for hydroxylation is 1. The number of thioether (sulfide) groups is 1. The molecule has 1 fully saturated rings. The summed E-state index contributed by atoms with van der Waals surface area (Å²) in [7, 11) is 1.70. The molecular weight excluding hydrogens is 348 g/mol. The highest BCUT2D eigenvalue weighted by Gasteiger charge is 2.48. The van der Waals surface area contributed by atoms with Gasteiger partial charge in [-0.25, -0.2) is 9.79 Å². The maximum absolute atomic E-state index is 12.5. The first-order valence-corrected chi connectivity index (χ1v) is 10.0. The topological polar surface area (TPSA) is 65.0 Å². The highest BCUT2D eigenvalue weighted by Crippen LogP contribution is 2.29. The number of amidine groups is 1. The van der Waals surface area contributed by atoms with Gasteiger partial charge in [0.25, 0.3) is 5.91 Å². The molecule has 6 nitrogen and oxygen atoms in total. The standard InChI is InChI=1S/C19H26N4O2S/c1-13(2)12-26-19-20-16-15(17(24)21-18(25)22(16)3)23(19)11-7-10-14-8-5-4-6-9-14/h4-6,8-9,13,15-16H,7,10-12H2,1-3H3,(H,21,24,25). The van der Waals surface area contributed by atoms with Crippen molar-refractivity contribution >= 4 is 28.9 Å². The van der Waals surface area contributed by atoms with Gasteiger partial charge in [-0.2, -0.15) is 0 Å². The van der Waals surface area contributed by atoms with Crippen molar-refractivity contribution < 1.29 is 9.59 Å². The molecule has 3 rings (SSSR count). The summed E-state index contributed by atoms with van der Waals surface area (Å²) in [5.41, 5.74) is 1.29. The fourth-order valence-electron chi connectivity index (χ4n) is 3.20. The second-order valence-corrected chi connectivity index (χ2v) is 8.15. The van der Waals surface area contributed by atoms with Gasteiger partial charge in [-0.1, -0.05) is 55.9 Å². The summed E-state index contributed by atoms with van der Waals surface area (Å²) >= 11 is 1.68.